The number of aliphatic hydroxyl groups excluding tert-OH is 1. The summed E-state index contributed by atoms with van der Waals surface area (Å²) >= 11 is 3.54. The number of hydrogen-bond donors (Lipinski definition) is 2. The first-order valence-corrected chi connectivity index (χ1v) is 7.65. The number of thiophene rings is 1. The average molecular weight is 259 g/mol. The average Bonchev–Trinajstić information content (AvgIpc) is 2.66. The summed E-state index contributed by atoms with van der Waals surface area (Å²) in [6.07, 6.45) is 2.04. The van der Waals surface area contributed by atoms with Gasteiger partial charge < -0.3 is 10.4 Å². The molecule has 3 unspecified atom stereocenters. The first kappa shape index (κ1) is 14.0. The number of thioether (sulfide) groups is 1. The van der Waals surface area contributed by atoms with E-state index in [1.807, 2.05) is 17.6 Å². The summed E-state index contributed by atoms with van der Waals surface area (Å²) in [6.45, 7) is 6.67. The maximum atomic E-state index is 9.23. The van der Waals surface area contributed by atoms with Crippen LogP contribution in [0, 0.1) is 6.92 Å². The Kier molecular flexibility index (Phi) is 5.83. The van der Waals surface area contributed by atoms with E-state index < -0.39 is 0 Å². The van der Waals surface area contributed by atoms with Crippen molar-refractivity contribution in [1.82, 2.24) is 5.32 Å². The van der Waals surface area contributed by atoms with Crippen molar-refractivity contribution in [3.8, 4) is 0 Å². The second kappa shape index (κ2) is 6.64. The Morgan fingerprint density at radius 1 is 1.44 bits per heavy atom. The molecule has 0 spiro atoms. The fourth-order valence-corrected chi connectivity index (χ4v) is 3.23. The quantitative estimate of drug-likeness (QED) is 0.824. The van der Waals surface area contributed by atoms with Gasteiger partial charge in [-0.05, 0) is 39.2 Å². The fraction of sp³-hybridized carbons (Fsp3) is 0.667. The van der Waals surface area contributed by atoms with E-state index in [1.54, 1.807) is 11.8 Å². The Bertz CT molecular complexity index is 310. The summed E-state index contributed by atoms with van der Waals surface area (Å²) in [5, 5.41) is 13.0. The van der Waals surface area contributed by atoms with Crippen LogP contribution in [0.5, 0.6) is 0 Å². The first-order chi connectivity index (χ1) is 7.58. The fourth-order valence-electron chi connectivity index (χ4n) is 1.71. The predicted octanol–water partition coefficient (Wildman–Crippen LogP) is 2.82. The van der Waals surface area contributed by atoms with Crippen LogP contribution in [0.4, 0.5) is 0 Å². The number of nitrogens with one attached hydrogen (secondary N) is 1. The monoisotopic (exact) mass is 259 g/mol. The molecule has 0 amide bonds. The molecule has 0 aliphatic carbocycles. The van der Waals surface area contributed by atoms with Crippen molar-refractivity contribution in [2.45, 2.75) is 38.1 Å². The van der Waals surface area contributed by atoms with Crippen molar-refractivity contribution in [1.29, 1.82) is 0 Å². The van der Waals surface area contributed by atoms with Crippen LogP contribution in [0.25, 0.3) is 0 Å². The lowest BCUT2D eigenvalue weighted by atomic mass is 10.2. The predicted molar refractivity (Wildman–Crippen MR) is 74.5 cm³/mol. The van der Waals surface area contributed by atoms with Crippen molar-refractivity contribution in [3.63, 3.8) is 0 Å². The first-order valence-electron chi connectivity index (χ1n) is 5.54. The Hall–Kier alpha value is -0.0300. The van der Waals surface area contributed by atoms with E-state index in [4.69, 9.17) is 0 Å². The van der Waals surface area contributed by atoms with Crippen molar-refractivity contribution < 1.29 is 5.11 Å². The van der Waals surface area contributed by atoms with E-state index in [-0.39, 0.29) is 11.9 Å². The van der Waals surface area contributed by atoms with Crippen LogP contribution in [-0.4, -0.2) is 29.3 Å². The molecule has 2 nitrogen and oxygen atoms in total. The maximum absolute atomic E-state index is 9.23. The standard InChI is InChI=1S/C12H21NOS2/c1-8-5-6-11(16-8)9(2)13-10(3)12(7-14)15-4/h5-6,9-10,12-14H,7H2,1-4H3. The Balaban J connectivity index is 2.53. The second-order valence-corrected chi connectivity index (χ2v) is 6.48. The van der Waals surface area contributed by atoms with Gasteiger partial charge in [0.15, 0.2) is 0 Å². The summed E-state index contributed by atoms with van der Waals surface area (Å²) < 4.78 is 0. The zero-order valence-electron chi connectivity index (χ0n) is 10.4. The zero-order chi connectivity index (χ0) is 12.1. The SMILES string of the molecule is CSC(CO)C(C)NC(C)c1ccc(C)s1. The Labute approximate surface area is 106 Å². The second-order valence-electron chi connectivity index (χ2n) is 4.08. The van der Waals surface area contributed by atoms with E-state index in [2.05, 4.69) is 38.2 Å². The van der Waals surface area contributed by atoms with Crippen LogP contribution >= 0.6 is 23.1 Å². The van der Waals surface area contributed by atoms with Crippen LogP contribution in [0.2, 0.25) is 0 Å². The van der Waals surface area contributed by atoms with Gasteiger partial charge in [0.1, 0.15) is 0 Å². The van der Waals surface area contributed by atoms with Crippen LogP contribution in [0.3, 0.4) is 0 Å². The lowest BCUT2D eigenvalue weighted by Gasteiger charge is -2.24. The molecule has 0 radical (unpaired) electrons. The van der Waals surface area contributed by atoms with Crippen LogP contribution in [-0.2, 0) is 0 Å². The summed E-state index contributed by atoms with van der Waals surface area (Å²) in [5.74, 6) is 0. The van der Waals surface area contributed by atoms with Crippen LogP contribution in [0.1, 0.15) is 29.6 Å². The Morgan fingerprint density at radius 2 is 2.12 bits per heavy atom. The largest absolute Gasteiger partial charge is 0.395 e. The van der Waals surface area contributed by atoms with Gasteiger partial charge in [0.25, 0.3) is 0 Å². The normalized spacial score (nSPS) is 17.1. The molecule has 0 saturated carbocycles. The number of hydrogen-bond acceptors (Lipinski definition) is 4. The molecule has 16 heavy (non-hydrogen) atoms. The van der Waals surface area contributed by atoms with Crippen molar-refractivity contribution in [3.05, 3.63) is 21.9 Å². The number of aliphatic hydroxyl groups is 1. The molecular weight excluding hydrogens is 238 g/mol. The molecule has 1 aromatic heterocycles. The minimum Gasteiger partial charge on any atom is -0.395 e. The van der Waals surface area contributed by atoms with E-state index >= 15 is 0 Å². The summed E-state index contributed by atoms with van der Waals surface area (Å²) in [6, 6.07) is 5.01. The van der Waals surface area contributed by atoms with Crippen LogP contribution < -0.4 is 5.32 Å². The van der Waals surface area contributed by atoms with E-state index in [9.17, 15) is 5.11 Å². The third-order valence-electron chi connectivity index (χ3n) is 2.74. The molecular formula is C12H21NOS2. The number of aryl methyl sites for hydroxylation is 1. The summed E-state index contributed by atoms with van der Waals surface area (Å²) in [7, 11) is 0. The van der Waals surface area contributed by atoms with Gasteiger partial charge in [-0.15, -0.1) is 11.3 Å². The van der Waals surface area contributed by atoms with Gasteiger partial charge in [0.2, 0.25) is 0 Å². The molecule has 1 aromatic rings. The molecule has 2 N–H and O–H groups in total. The highest BCUT2D eigenvalue weighted by Crippen LogP contribution is 2.23. The van der Waals surface area contributed by atoms with E-state index in [1.165, 1.54) is 9.75 Å². The zero-order valence-corrected chi connectivity index (χ0v) is 12.0. The summed E-state index contributed by atoms with van der Waals surface area (Å²) in [4.78, 5) is 2.71. The third-order valence-corrected chi connectivity index (χ3v) is 5.09. The van der Waals surface area contributed by atoms with Crippen LogP contribution in [0.15, 0.2) is 12.1 Å². The highest BCUT2D eigenvalue weighted by molar-refractivity contribution is 7.99. The van der Waals surface area contributed by atoms with Gasteiger partial charge >= 0.3 is 0 Å². The minimum absolute atomic E-state index is 0.228. The molecule has 0 aliphatic heterocycles. The highest BCUT2D eigenvalue weighted by Gasteiger charge is 2.18. The smallest absolute Gasteiger partial charge is 0.0564 e. The van der Waals surface area contributed by atoms with Crippen molar-refractivity contribution >= 4 is 23.1 Å². The molecule has 0 aliphatic rings. The lowest BCUT2D eigenvalue weighted by Crippen LogP contribution is -2.38. The molecule has 4 heteroatoms. The van der Waals surface area contributed by atoms with Gasteiger partial charge in [0.05, 0.1) is 6.61 Å². The molecule has 3 atom stereocenters. The van der Waals surface area contributed by atoms with Gasteiger partial charge in [-0.2, -0.15) is 11.8 Å². The molecule has 0 aromatic carbocycles. The topological polar surface area (TPSA) is 32.3 Å². The highest BCUT2D eigenvalue weighted by atomic mass is 32.2. The molecule has 1 rings (SSSR count). The van der Waals surface area contributed by atoms with E-state index in [0.717, 1.165) is 0 Å². The molecule has 0 bridgehead atoms. The minimum atomic E-state index is 0.228. The van der Waals surface area contributed by atoms with Gasteiger partial charge in [-0.25, -0.2) is 0 Å². The van der Waals surface area contributed by atoms with Crippen molar-refractivity contribution in [2.75, 3.05) is 12.9 Å². The lowest BCUT2D eigenvalue weighted by molar-refractivity contribution is 0.272. The Morgan fingerprint density at radius 3 is 2.56 bits per heavy atom. The molecule has 0 saturated heterocycles. The molecule has 1 heterocycles. The third kappa shape index (κ3) is 3.77. The number of rotatable bonds is 6. The summed E-state index contributed by atoms with van der Waals surface area (Å²) in [5.41, 5.74) is 0. The molecule has 0 fully saturated rings. The van der Waals surface area contributed by atoms with Crippen molar-refractivity contribution in [2.24, 2.45) is 0 Å². The van der Waals surface area contributed by atoms with E-state index in [0.29, 0.717) is 12.1 Å². The maximum Gasteiger partial charge on any atom is 0.0564 e. The van der Waals surface area contributed by atoms with Gasteiger partial charge in [-0.3, -0.25) is 0 Å². The van der Waals surface area contributed by atoms with Gasteiger partial charge in [-0.1, -0.05) is 0 Å². The van der Waals surface area contributed by atoms with Gasteiger partial charge in [0, 0.05) is 27.1 Å². The molecule has 92 valence electrons.